The lowest BCUT2D eigenvalue weighted by Crippen LogP contribution is -2.50. The maximum Gasteiger partial charge on any atom is 0.0195 e. The Morgan fingerprint density at radius 1 is 1.58 bits per heavy atom. The Kier molecular flexibility index (Phi) is 4.62. The van der Waals surface area contributed by atoms with Crippen molar-refractivity contribution in [3.05, 3.63) is 6.92 Å². The minimum atomic E-state index is 0.635. The molecule has 1 heterocycles. The van der Waals surface area contributed by atoms with Crippen LogP contribution in [-0.4, -0.2) is 37.1 Å². The Morgan fingerprint density at radius 3 is 3.08 bits per heavy atom. The van der Waals surface area contributed by atoms with E-state index in [4.69, 9.17) is 0 Å². The average Bonchev–Trinajstić information content (AvgIpc) is 2.15. The SMILES string of the molecule is [CH2]CC1CN(CCCC)CCN1. The first-order valence-corrected chi connectivity index (χ1v) is 5.11. The number of nitrogens with zero attached hydrogens (tertiary/aromatic N) is 1. The fourth-order valence-corrected chi connectivity index (χ4v) is 1.67. The number of hydrogen-bond acceptors (Lipinski definition) is 2. The molecule has 0 aliphatic carbocycles. The Balaban J connectivity index is 2.16. The highest BCUT2D eigenvalue weighted by molar-refractivity contribution is 4.78. The van der Waals surface area contributed by atoms with Gasteiger partial charge in [-0.25, -0.2) is 0 Å². The molecule has 0 aromatic rings. The van der Waals surface area contributed by atoms with Crippen LogP contribution in [0.2, 0.25) is 0 Å². The van der Waals surface area contributed by atoms with Crippen molar-refractivity contribution in [3.63, 3.8) is 0 Å². The van der Waals surface area contributed by atoms with E-state index in [1.807, 2.05) is 0 Å². The van der Waals surface area contributed by atoms with Crippen molar-refractivity contribution in [3.8, 4) is 0 Å². The highest BCUT2D eigenvalue weighted by Gasteiger charge is 2.16. The van der Waals surface area contributed by atoms with Crippen LogP contribution in [0, 0.1) is 6.92 Å². The van der Waals surface area contributed by atoms with E-state index in [2.05, 4.69) is 24.1 Å². The zero-order valence-electron chi connectivity index (χ0n) is 8.18. The van der Waals surface area contributed by atoms with E-state index in [-0.39, 0.29) is 0 Å². The van der Waals surface area contributed by atoms with E-state index in [1.54, 1.807) is 0 Å². The van der Waals surface area contributed by atoms with Crippen molar-refractivity contribution in [2.45, 2.75) is 32.2 Å². The zero-order chi connectivity index (χ0) is 8.81. The Morgan fingerprint density at radius 2 is 2.42 bits per heavy atom. The van der Waals surface area contributed by atoms with Gasteiger partial charge in [0.1, 0.15) is 0 Å². The molecule has 1 N–H and O–H groups in total. The van der Waals surface area contributed by atoms with E-state index in [9.17, 15) is 0 Å². The first-order valence-electron chi connectivity index (χ1n) is 5.11. The van der Waals surface area contributed by atoms with Gasteiger partial charge in [0.05, 0.1) is 0 Å². The summed E-state index contributed by atoms with van der Waals surface area (Å²) in [6, 6.07) is 0.635. The van der Waals surface area contributed by atoms with Crippen LogP contribution in [-0.2, 0) is 0 Å². The van der Waals surface area contributed by atoms with Crippen LogP contribution in [0.3, 0.4) is 0 Å². The molecule has 1 radical (unpaired) electrons. The van der Waals surface area contributed by atoms with Crippen LogP contribution < -0.4 is 5.32 Å². The third kappa shape index (κ3) is 3.11. The summed E-state index contributed by atoms with van der Waals surface area (Å²) < 4.78 is 0. The van der Waals surface area contributed by atoms with E-state index < -0.39 is 0 Å². The number of rotatable bonds is 4. The first kappa shape index (κ1) is 10.0. The van der Waals surface area contributed by atoms with Gasteiger partial charge in [-0.1, -0.05) is 20.3 Å². The molecular formula is C10H21N2. The summed E-state index contributed by atoms with van der Waals surface area (Å²) in [5, 5.41) is 3.47. The van der Waals surface area contributed by atoms with Gasteiger partial charge in [0.2, 0.25) is 0 Å². The fraction of sp³-hybridized carbons (Fsp3) is 0.900. The molecule has 1 fully saturated rings. The molecule has 12 heavy (non-hydrogen) atoms. The summed E-state index contributed by atoms with van der Waals surface area (Å²) in [6.45, 7) is 11.0. The van der Waals surface area contributed by atoms with E-state index in [0.717, 1.165) is 13.0 Å². The molecule has 71 valence electrons. The number of hydrogen-bond donors (Lipinski definition) is 1. The standard InChI is InChI=1S/C10H21N2/c1-3-5-7-12-8-6-11-10(4-2)9-12/h10-11H,2-9H2,1H3. The lowest BCUT2D eigenvalue weighted by atomic mass is 10.1. The largest absolute Gasteiger partial charge is 0.311 e. The average molecular weight is 169 g/mol. The van der Waals surface area contributed by atoms with Crippen molar-refractivity contribution in [2.75, 3.05) is 26.2 Å². The molecule has 1 unspecified atom stereocenters. The Labute approximate surface area is 76.3 Å². The van der Waals surface area contributed by atoms with Gasteiger partial charge < -0.3 is 10.2 Å². The molecule has 1 saturated heterocycles. The quantitative estimate of drug-likeness (QED) is 0.682. The van der Waals surface area contributed by atoms with Crippen LogP contribution in [0.25, 0.3) is 0 Å². The van der Waals surface area contributed by atoms with E-state index >= 15 is 0 Å². The van der Waals surface area contributed by atoms with Crippen molar-refractivity contribution < 1.29 is 0 Å². The summed E-state index contributed by atoms with van der Waals surface area (Å²) in [6.07, 6.45) is 3.66. The normalized spacial score (nSPS) is 26.0. The first-order chi connectivity index (χ1) is 5.86. The molecule has 2 nitrogen and oxygen atoms in total. The monoisotopic (exact) mass is 169 g/mol. The zero-order valence-corrected chi connectivity index (χ0v) is 8.18. The molecule has 0 aromatic heterocycles. The highest BCUT2D eigenvalue weighted by atomic mass is 15.2. The van der Waals surface area contributed by atoms with Gasteiger partial charge in [-0.05, 0) is 19.4 Å². The third-order valence-electron chi connectivity index (χ3n) is 2.52. The van der Waals surface area contributed by atoms with Gasteiger partial charge in [0, 0.05) is 25.7 Å². The van der Waals surface area contributed by atoms with Crippen molar-refractivity contribution in [1.82, 2.24) is 10.2 Å². The summed E-state index contributed by atoms with van der Waals surface area (Å²) in [4.78, 5) is 2.55. The van der Waals surface area contributed by atoms with Gasteiger partial charge in [-0.3, -0.25) is 0 Å². The summed E-state index contributed by atoms with van der Waals surface area (Å²) in [5.74, 6) is 0. The summed E-state index contributed by atoms with van der Waals surface area (Å²) in [5.41, 5.74) is 0. The van der Waals surface area contributed by atoms with Gasteiger partial charge in [0.25, 0.3) is 0 Å². The second-order valence-electron chi connectivity index (χ2n) is 3.59. The van der Waals surface area contributed by atoms with Gasteiger partial charge in [0.15, 0.2) is 0 Å². The second kappa shape index (κ2) is 5.55. The maximum atomic E-state index is 3.93. The number of unbranched alkanes of at least 4 members (excludes halogenated alkanes) is 1. The highest BCUT2D eigenvalue weighted by Crippen LogP contribution is 2.03. The molecule has 1 aliphatic heterocycles. The van der Waals surface area contributed by atoms with Gasteiger partial charge in [-0.2, -0.15) is 0 Å². The topological polar surface area (TPSA) is 15.3 Å². The van der Waals surface area contributed by atoms with Crippen LogP contribution in [0.4, 0.5) is 0 Å². The van der Waals surface area contributed by atoms with E-state index in [0.29, 0.717) is 6.04 Å². The minimum absolute atomic E-state index is 0.635. The smallest absolute Gasteiger partial charge is 0.0195 e. The second-order valence-corrected chi connectivity index (χ2v) is 3.59. The maximum absolute atomic E-state index is 3.93. The molecule has 0 amide bonds. The van der Waals surface area contributed by atoms with Crippen molar-refractivity contribution in [2.24, 2.45) is 0 Å². The van der Waals surface area contributed by atoms with Gasteiger partial charge in [-0.15, -0.1) is 0 Å². The van der Waals surface area contributed by atoms with Crippen LogP contribution in [0.5, 0.6) is 0 Å². The molecule has 0 aromatic carbocycles. The molecule has 1 atom stereocenters. The molecule has 1 aliphatic rings. The van der Waals surface area contributed by atoms with Crippen molar-refractivity contribution >= 4 is 0 Å². The van der Waals surface area contributed by atoms with Crippen LogP contribution in [0.1, 0.15) is 26.2 Å². The molecule has 0 saturated carbocycles. The number of piperazine rings is 1. The molecule has 0 spiro atoms. The fourth-order valence-electron chi connectivity index (χ4n) is 1.67. The Bertz CT molecular complexity index is 114. The molecule has 2 heteroatoms. The van der Waals surface area contributed by atoms with Crippen LogP contribution in [0.15, 0.2) is 0 Å². The Hall–Kier alpha value is -0.0800. The third-order valence-corrected chi connectivity index (χ3v) is 2.52. The minimum Gasteiger partial charge on any atom is -0.311 e. The predicted octanol–water partition coefficient (Wildman–Crippen LogP) is 1.28. The van der Waals surface area contributed by atoms with E-state index in [1.165, 1.54) is 32.5 Å². The predicted molar refractivity (Wildman–Crippen MR) is 53.1 cm³/mol. The lowest BCUT2D eigenvalue weighted by Gasteiger charge is -2.33. The summed E-state index contributed by atoms with van der Waals surface area (Å²) >= 11 is 0. The molecular weight excluding hydrogens is 148 g/mol. The number of nitrogens with one attached hydrogen (secondary N) is 1. The van der Waals surface area contributed by atoms with Crippen molar-refractivity contribution in [1.29, 1.82) is 0 Å². The lowest BCUT2D eigenvalue weighted by molar-refractivity contribution is 0.198. The molecule has 1 rings (SSSR count). The van der Waals surface area contributed by atoms with Gasteiger partial charge >= 0.3 is 0 Å². The van der Waals surface area contributed by atoms with Crippen LogP contribution >= 0.6 is 0 Å². The summed E-state index contributed by atoms with van der Waals surface area (Å²) in [7, 11) is 0. The molecule has 0 bridgehead atoms.